The third kappa shape index (κ3) is 4.19. The summed E-state index contributed by atoms with van der Waals surface area (Å²) in [6.07, 6.45) is 4.30. The Morgan fingerprint density at radius 3 is 2.64 bits per heavy atom. The van der Waals surface area contributed by atoms with Crippen molar-refractivity contribution in [1.29, 1.82) is 0 Å². The largest absolute Gasteiger partial charge is 0.480 e. The van der Waals surface area contributed by atoms with Crippen molar-refractivity contribution in [2.45, 2.75) is 39.2 Å². The number of hydrogen-bond donors (Lipinski definition) is 2. The van der Waals surface area contributed by atoms with Gasteiger partial charge in [0.05, 0.1) is 0 Å². The molecule has 0 aliphatic carbocycles. The summed E-state index contributed by atoms with van der Waals surface area (Å²) in [7, 11) is 0. The van der Waals surface area contributed by atoms with Gasteiger partial charge in [-0.05, 0) is 37.3 Å². The van der Waals surface area contributed by atoms with Crippen LogP contribution in [-0.2, 0) is 4.79 Å². The van der Waals surface area contributed by atoms with Crippen LogP contribution in [0.4, 0.5) is 5.69 Å². The Bertz CT molecular complexity index is 539. The molecule has 120 valence electrons. The molecule has 0 radical (unpaired) electrons. The minimum atomic E-state index is -1.02. The summed E-state index contributed by atoms with van der Waals surface area (Å²) in [6.45, 7) is 5.81. The van der Waals surface area contributed by atoms with Crippen LogP contribution in [0.15, 0.2) is 18.3 Å². The van der Waals surface area contributed by atoms with Crippen molar-refractivity contribution in [2.24, 2.45) is 5.92 Å². The van der Waals surface area contributed by atoms with Crippen molar-refractivity contribution in [2.75, 3.05) is 18.0 Å². The highest BCUT2D eigenvalue weighted by molar-refractivity contribution is 5.95. The van der Waals surface area contributed by atoms with Gasteiger partial charge in [0.2, 0.25) is 0 Å². The molecule has 2 heterocycles. The van der Waals surface area contributed by atoms with Crippen LogP contribution in [0.5, 0.6) is 0 Å². The number of aromatic nitrogens is 1. The SMILES string of the molecule is CC(C)C[C@@H](NC(=O)c1cc(N2CCCC2)ccn1)C(=O)O. The predicted octanol–water partition coefficient (Wildman–Crippen LogP) is 1.91. The minimum Gasteiger partial charge on any atom is -0.480 e. The number of pyridine rings is 1. The molecule has 1 fully saturated rings. The zero-order valence-corrected chi connectivity index (χ0v) is 13.1. The van der Waals surface area contributed by atoms with Crippen molar-refractivity contribution in [3.05, 3.63) is 24.0 Å². The lowest BCUT2D eigenvalue weighted by Gasteiger charge is -2.19. The highest BCUT2D eigenvalue weighted by Crippen LogP contribution is 2.20. The van der Waals surface area contributed by atoms with Gasteiger partial charge in [-0.1, -0.05) is 13.8 Å². The molecule has 1 atom stereocenters. The average Bonchev–Trinajstić information content (AvgIpc) is 3.00. The summed E-state index contributed by atoms with van der Waals surface area (Å²) >= 11 is 0. The molecule has 1 aliphatic rings. The van der Waals surface area contributed by atoms with E-state index in [-0.39, 0.29) is 11.6 Å². The lowest BCUT2D eigenvalue weighted by molar-refractivity contribution is -0.139. The van der Waals surface area contributed by atoms with E-state index in [1.807, 2.05) is 19.9 Å². The maximum Gasteiger partial charge on any atom is 0.326 e. The van der Waals surface area contributed by atoms with Crippen LogP contribution in [0.25, 0.3) is 0 Å². The van der Waals surface area contributed by atoms with Gasteiger partial charge >= 0.3 is 5.97 Å². The van der Waals surface area contributed by atoms with Crippen LogP contribution in [0.1, 0.15) is 43.6 Å². The topological polar surface area (TPSA) is 82.5 Å². The molecule has 1 amide bonds. The molecule has 6 heteroatoms. The molecule has 1 aromatic rings. The van der Waals surface area contributed by atoms with Gasteiger partial charge in [-0.25, -0.2) is 4.79 Å². The van der Waals surface area contributed by atoms with E-state index in [4.69, 9.17) is 0 Å². The lowest BCUT2D eigenvalue weighted by atomic mass is 10.0. The fourth-order valence-corrected chi connectivity index (χ4v) is 2.64. The second-order valence-corrected chi connectivity index (χ2v) is 6.09. The summed E-state index contributed by atoms with van der Waals surface area (Å²) in [5.41, 5.74) is 1.23. The maximum atomic E-state index is 12.3. The van der Waals surface area contributed by atoms with Crippen LogP contribution in [0, 0.1) is 5.92 Å². The third-order valence-corrected chi connectivity index (χ3v) is 3.76. The molecule has 1 aliphatic heterocycles. The average molecular weight is 305 g/mol. The zero-order valence-electron chi connectivity index (χ0n) is 13.1. The standard InChI is InChI=1S/C16H23N3O3/c1-11(2)9-14(16(21)22)18-15(20)13-10-12(5-6-17-13)19-7-3-4-8-19/h5-6,10-11,14H,3-4,7-9H2,1-2H3,(H,18,20)(H,21,22)/t14-/m1/s1. The Morgan fingerprint density at radius 2 is 2.05 bits per heavy atom. The summed E-state index contributed by atoms with van der Waals surface area (Å²) in [4.78, 5) is 29.8. The van der Waals surface area contributed by atoms with E-state index >= 15 is 0 Å². The molecule has 2 N–H and O–H groups in total. The van der Waals surface area contributed by atoms with Crippen molar-refractivity contribution in [3.8, 4) is 0 Å². The van der Waals surface area contributed by atoms with E-state index in [1.165, 1.54) is 0 Å². The first kappa shape index (κ1) is 16.3. The molecule has 2 rings (SSSR count). The van der Waals surface area contributed by atoms with Crippen LogP contribution in [0.2, 0.25) is 0 Å². The molecule has 0 unspecified atom stereocenters. The second kappa shape index (κ2) is 7.24. The number of carboxylic acid groups (broad SMARTS) is 1. The van der Waals surface area contributed by atoms with E-state index in [0.29, 0.717) is 6.42 Å². The molecule has 0 bridgehead atoms. The van der Waals surface area contributed by atoms with Crippen LogP contribution in [0.3, 0.4) is 0 Å². The van der Waals surface area contributed by atoms with Crippen LogP contribution in [-0.4, -0.2) is 41.1 Å². The molecule has 6 nitrogen and oxygen atoms in total. The number of carbonyl (C=O) groups is 2. The third-order valence-electron chi connectivity index (χ3n) is 3.76. The van der Waals surface area contributed by atoms with E-state index in [1.54, 1.807) is 12.3 Å². The summed E-state index contributed by atoms with van der Waals surface area (Å²) in [5, 5.41) is 11.8. The lowest BCUT2D eigenvalue weighted by Crippen LogP contribution is -2.42. The summed E-state index contributed by atoms with van der Waals surface area (Å²) < 4.78 is 0. The van der Waals surface area contributed by atoms with Gasteiger partial charge in [-0.15, -0.1) is 0 Å². The Labute approximate surface area is 130 Å². The first-order chi connectivity index (χ1) is 10.5. The number of carbonyl (C=O) groups excluding carboxylic acids is 1. The molecule has 0 spiro atoms. The van der Waals surface area contributed by atoms with Crippen molar-refractivity contribution in [3.63, 3.8) is 0 Å². The summed E-state index contributed by atoms with van der Waals surface area (Å²) in [6, 6.07) is 2.73. The normalized spacial score (nSPS) is 15.9. The Balaban J connectivity index is 2.08. The number of amides is 1. The number of rotatable bonds is 6. The Kier molecular flexibility index (Phi) is 5.35. The first-order valence-corrected chi connectivity index (χ1v) is 7.72. The predicted molar refractivity (Wildman–Crippen MR) is 84.0 cm³/mol. The molecule has 22 heavy (non-hydrogen) atoms. The maximum absolute atomic E-state index is 12.3. The Hall–Kier alpha value is -2.11. The number of anilines is 1. The second-order valence-electron chi connectivity index (χ2n) is 6.09. The summed E-state index contributed by atoms with van der Waals surface area (Å²) in [5.74, 6) is -1.27. The highest BCUT2D eigenvalue weighted by Gasteiger charge is 2.23. The van der Waals surface area contributed by atoms with E-state index < -0.39 is 17.9 Å². The number of nitrogens with zero attached hydrogens (tertiary/aromatic N) is 2. The van der Waals surface area contributed by atoms with Crippen LogP contribution < -0.4 is 10.2 Å². The molecule has 1 saturated heterocycles. The first-order valence-electron chi connectivity index (χ1n) is 7.72. The quantitative estimate of drug-likeness (QED) is 0.839. The van der Waals surface area contributed by atoms with Crippen molar-refractivity contribution in [1.82, 2.24) is 10.3 Å². The van der Waals surface area contributed by atoms with E-state index in [2.05, 4.69) is 15.2 Å². The van der Waals surface area contributed by atoms with Gasteiger partial charge in [0.25, 0.3) is 5.91 Å². The minimum absolute atomic E-state index is 0.185. The monoisotopic (exact) mass is 305 g/mol. The molecule has 1 aromatic heterocycles. The smallest absolute Gasteiger partial charge is 0.326 e. The van der Waals surface area contributed by atoms with Crippen molar-refractivity contribution < 1.29 is 14.7 Å². The number of carboxylic acids is 1. The van der Waals surface area contributed by atoms with E-state index in [9.17, 15) is 14.7 Å². The van der Waals surface area contributed by atoms with Gasteiger partial charge in [0.15, 0.2) is 0 Å². The van der Waals surface area contributed by atoms with Gasteiger partial charge < -0.3 is 15.3 Å². The molecular weight excluding hydrogens is 282 g/mol. The fourth-order valence-electron chi connectivity index (χ4n) is 2.64. The van der Waals surface area contributed by atoms with Gasteiger partial charge in [0.1, 0.15) is 11.7 Å². The number of nitrogens with one attached hydrogen (secondary N) is 1. The van der Waals surface area contributed by atoms with Gasteiger partial charge in [-0.2, -0.15) is 0 Å². The number of aliphatic carboxylic acids is 1. The molecule has 0 saturated carbocycles. The Morgan fingerprint density at radius 1 is 1.36 bits per heavy atom. The van der Waals surface area contributed by atoms with Gasteiger partial charge in [-0.3, -0.25) is 9.78 Å². The fraction of sp³-hybridized carbons (Fsp3) is 0.562. The molecule has 0 aromatic carbocycles. The molecular formula is C16H23N3O3. The zero-order chi connectivity index (χ0) is 16.1. The van der Waals surface area contributed by atoms with Gasteiger partial charge in [0, 0.05) is 25.0 Å². The highest BCUT2D eigenvalue weighted by atomic mass is 16.4. The van der Waals surface area contributed by atoms with Crippen LogP contribution >= 0.6 is 0 Å². The number of hydrogen-bond acceptors (Lipinski definition) is 4. The van der Waals surface area contributed by atoms with Crippen molar-refractivity contribution >= 4 is 17.6 Å². The van der Waals surface area contributed by atoms with E-state index in [0.717, 1.165) is 31.6 Å².